The van der Waals surface area contributed by atoms with Gasteiger partial charge in [-0.25, -0.2) is 9.18 Å². The van der Waals surface area contributed by atoms with E-state index in [4.69, 9.17) is 21.1 Å². The van der Waals surface area contributed by atoms with Crippen molar-refractivity contribution in [1.82, 2.24) is 10.6 Å². The molecule has 2 aromatic carbocycles. The van der Waals surface area contributed by atoms with E-state index in [1.807, 2.05) is 0 Å². The summed E-state index contributed by atoms with van der Waals surface area (Å²) in [5.74, 6) is -1.15. The van der Waals surface area contributed by atoms with Crippen molar-refractivity contribution in [2.75, 3.05) is 38.0 Å². The number of nitrogens with one attached hydrogen (secondary N) is 4. The maximum absolute atomic E-state index is 15.8. The van der Waals surface area contributed by atoms with Crippen molar-refractivity contribution in [3.8, 4) is 0 Å². The average molecular weight is 607 g/mol. The van der Waals surface area contributed by atoms with Crippen molar-refractivity contribution in [3.05, 3.63) is 58.4 Å². The number of ether oxygens (including phenoxy) is 3. The third-order valence-corrected chi connectivity index (χ3v) is 7.49. The summed E-state index contributed by atoms with van der Waals surface area (Å²) >= 11 is 6.20. The highest BCUT2D eigenvalue weighted by Gasteiger charge is 2.41. The number of hydrogen-bond acceptors (Lipinski definition) is 7. The molecule has 0 spiro atoms. The van der Waals surface area contributed by atoms with E-state index in [1.165, 1.54) is 26.4 Å². The zero-order chi connectivity index (χ0) is 30.5. The second kappa shape index (κ2) is 16.0. The molecule has 228 valence electrons. The van der Waals surface area contributed by atoms with Crippen molar-refractivity contribution in [3.63, 3.8) is 0 Å². The lowest BCUT2D eigenvalue weighted by Crippen LogP contribution is -2.44. The van der Waals surface area contributed by atoms with Crippen LogP contribution < -0.4 is 21.3 Å². The Morgan fingerprint density at radius 1 is 1.17 bits per heavy atom. The van der Waals surface area contributed by atoms with E-state index in [2.05, 4.69) is 26.0 Å². The summed E-state index contributed by atoms with van der Waals surface area (Å²) in [4.78, 5) is 47.2. The highest BCUT2D eigenvalue weighted by atomic mass is 35.5. The zero-order valence-corrected chi connectivity index (χ0v) is 24.3. The van der Waals surface area contributed by atoms with Crippen LogP contribution in [0, 0.1) is 5.82 Å². The predicted octanol–water partition coefficient (Wildman–Crippen LogP) is 4.35. The molecule has 0 aliphatic carbocycles. The number of carbonyl (C=O) groups excluding carboxylic acids is 4. The Bertz CT molecular complexity index is 1230. The van der Waals surface area contributed by atoms with Crippen LogP contribution in [0.15, 0.2) is 36.4 Å². The minimum atomic E-state index is -1.37. The summed E-state index contributed by atoms with van der Waals surface area (Å²) in [7, 11) is 2.67. The van der Waals surface area contributed by atoms with E-state index < -0.39 is 29.5 Å². The number of halogens is 2. The number of hydrogen-bond donors (Lipinski definition) is 4. The van der Waals surface area contributed by atoms with Crippen molar-refractivity contribution in [2.24, 2.45) is 0 Å². The fourth-order valence-electron chi connectivity index (χ4n) is 5.21. The van der Waals surface area contributed by atoms with Gasteiger partial charge in [0.2, 0.25) is 12.8 Å². The summed E-state index contributed by atoms with van der Waals surface area (Å²) in [6.45, 7) is 0.894. The van der Waals surface area contributed by atoms with Gasteiger partial charge in [-0.2, -0.15) is 0 Å². The third-order valence-electron chi connectivity index (χ3n) is 7.20. The number of amides is 4. The quantitative estimate of drug-likeness (QED) is 0.164. The molecule has 1 aliphatic heterocycles. The molecule has 0 saturated carbocycles. The van der Waals surface area contributed by atoms with E-state index in [9.17, 15) is 19.2 Å². The second-order valence-electron chi connectivity index (χ2n) is 9.86. The Labute approximate surface area is 248 Å². The van der Waals surface area contributed by atoms with Crippen LogP contribution in [-0.2, 0) is 29.4 Å². The fourth-order valence-corrected chi connectivity index (χ4v) is 5.37. The molecule has 42 heavy (non-hydrogen) atoms. The van der Waals surface area contributed by atoms with Gasteiger partial charge in [0.1, 0.15) is 5.82 Å². The van der Waals surface area contributed by atoms with Crippen LogP contribution in [0.2, 0.25) is 5.02 Å². The molecule has 1 saturated heterocycles. The first-order chi connectivity index (χ1) is 20.3. The second-order valence-corrected chi connectivity index (χ2v) is 10.3. The smallest absolute Gasteiger partial charge is 0.411 e. The van der Waals surface area contributed by atoms with Crippen LogP contribution in [-0.4, -0.2) is 64.3 Å². The van der Waals surface area contributed by atoms with E-state index in [0.29, 0.717) is 50.1 Å². The first-order valence-corrected chi connectivity index (χ1v) is 13.9. The van der Waals surface area contributed by atoms with Crippen LogP contribution in [0.4, 0.5) is 20.6 Å². The number of rotatable bonds is 16. The largest absolute Gasteiger partial charge is 0.453 e. The van der Waals surface area contributed by atoms with Gasteiger partial charge in [0.05, 0.1) is 23.8 Å². The van der Waals surface area contributed by atoms with Gasteiger partial charge in [0.25, 0.3) is 5.91 Å². The van der Waals surface area contributed by atoms with Crippen LogP contribution >= 0.6 is 11.6 Å². The molecule has 2 aromatic rings. The Morgan fingerprint density at radius 3 is 2.55 bits per heavy atom. The molecule has 2 unspecified atom stereocenters. The summed E-state index contributed by atoms with van der Waals surface area (Å²) in [5, 5.41) is 10.6. The molecular weight excluding hydrogens is 571 g/mol. The van der Waals surface area contributed by atoms with Gasteiger partial charge in [0.15, 0.2) is 0 Å². The number of carbonyl (C=O) groups is 4. The van der Waals surface area contributed by atoms with Gasteiger partial charge in [0, 0.05) is 55.2 Å². The number of benzene rings is 2. The Balaban J connectivity index is 1.97. The van der Waals surface area contributed by atoms with Crippen molar-refractivity contribution >= 4 is 47.8 Å². The molecule has 3 atom stereocenters. The van der Waals surface area contributed by atoms with Gasteiger partial charge in [-0.1, -0.05) is 11.6 Å². The first kappa shape index (κ1) is 32.8. The molecule has 0 aromatic heterocycles. The Morgan fingerprint density at radius 2 is 1.93 bits per heavy atom. The van der Waals surface area contributed by atoms with E-state index in [1.54, 1.807) is 24.3 Å². The lowest BCUT2D eigenvalue weighted by molar-refractivity contribution is -0.109. The van der Waals surface area contributed by atoms with Gasteiger partial charge in [-0.3, -0.25) is 19.7 Å². The maximum atomic E-state index is 15.8. The van der Waals surface area contributed by atoms with Crippen LogP contribution in [0.25, 0.3) is 0 Å². The van der Waals surface area contributed by atoms with Crippen molar-refractivity contribution < 1.29 is 37.8 Å². The molecule has 0 radical (unpaired) electrons. The van der Waals surface area contributed by atoms with E-state index in [-0.39, 0.29) is 35.2 Å². The summed E-state index contributed by atoms with van der Waals surface area (Å²) in [6.07, 6.45) is 3.05. The van der Waals surface area contributed by atoms with Gasteiger partial charge in [-0.05, 0) is 68.5 Å². The highest BCUT2D eigenvalue weighted by molar-refractivity contribution is 6.31. The Hall–Kier alpha value is -3.74. The molecule has 1 fully saturated rings. The van der Waals surface area contributed by atoms with Crippen LogP contribution in [0.5, 0.6) is 0 Å². The molecule has 1 aliphatic rings. The van der Waals surface area contributed by atoms with Crippen molar-refractivity contribution in [1.29, 1.82) is 0 Å². The van der Waals surface area contributed by atoms with E-state index in [0.717, 1.165) is 12.8 Å². The lowest BCUT2D eigenvalue weighted by atomic mass is 9.80. The maximum Gasteiger partial charge on any atom is 0.411 e. The topological polar surface area (TPSA) is 144 Å². The van der Waals surface area contributed by atoms with Gasteiger partial charge in [-0.15, -0.1) is 0 Å². The fraction of sp³-hybridized carbons (Fsp3) is 0.448. The van der Waals surface area contributed by atoms with E-state index >= 15 is 4.39 Å². The SMILES string of the molecule is COC(=O)Nc1ccc(C(=O)NC(CC2CCCO2)C[C@](CCCNC=O)(OC)c2c(NC=O)ccc(Cl)c2F)cc1. The minimum Gasteiger partial charge on any atom is -0.453 e. The molecule has 11 nitrogen and oxygen atoms in total. The number of methoxy groups -OCH3 is 2. The Kier molecular flexibility index (Phi) is 12.5. The molecular formula is C29H36ClFN4O7. The lowest BCUT2D eigenvalue weighted by Gasteiger charge is -2.38. The normalized spacial score (nSPS) is 16.5. The third kappa shape index (κ3) is 8.63. The van der Waals surface area contributed by atoms with Crippen LogP contribution in [0.3, 0.4) is 0 Å². The molecule has 13 heteroatoms. The highest BCUT2D eigenvalue weighted by Crippen LogP contribution is 2.43. The molecule has 0 bridgehead atoms. The average Bonchev–Trinajstić information content (AvgIpc) is 3.50. The molecule has 1 heterocycles. The summed E-state index contributed by atoms with van der Waals surface area (Å²) in [5.41, 5.74) is -0.370. The van der Waals surface area contributed by atoms with Crippen molar-refractivity contribution in [2.45, 2.75) is 56.3 Å². The summed E-state index contributed by atoms with van der Waals surface area (Å²) < 4.78 is 32.3. The molecule has 4 amide bonds. The standard InChI is InChI=1S/C29H36ClFN4O7/c1-40-28(39)35-20-8-6-19(7-9-20)27(38)34-21(15-22-5-3-14-42-22)16-29(41-2,12-4-13-32-17-36)25-24(33-18-37)11-10-23(30)26(25)31/h6-11,17-18,21-22H,3-5,12-16H2,1-2H3,(H,32,36)(H,33,37)(H,34,38)(H,35,39)/t21?,22?,29-/m0/s1. The molecule has 4 N–H and O–H groups in total. The minimum absolute atomic E-state index is 0.0422. The summed E-state index contributed by atoms with van der Waals surface area (Å²) in [6, 6.07) is 8.52. The predicted molar refractivity (Wildman–Crippen MR) is 155 cm³/mol. The van der Waals surface area contributed by atoms with Gasteiger partial charge < -0.3 is 30.2 Å². The van der Waals surface area contributed by atoms with Crippen LogP contribution in [0.1, 0.15) is 54.4 Å². The first-order valence-electron chi connectivity index (χ1n) is 13.5. The zero-order valence-electron chi connectivity index (χ0n) is 23.5. The number of anilines is 2. The van der Waals surface area contributed by atoms with Gasteiger partial charge >= 0.3 is 6.09 Å². The monoisotopic (exact) mass is 606 g/mol. The molecule has 3 rings (SSSR count).